The maximum absolute atomic E-state index is 13.1. The van der Waals surface area contributed by atoms with E-state index in [4.69, 9.17) is 11.6 Å². The van der Waals surface area contributed by atoms with E-state index in [0.29, 0.717) is 12.1 Å². The van der Waals surface area contributed by atoms with E-state index in [0.717, 1.165) is 19.2 Å². The lowest BCUT2D eigenvalue weighted by molar-refractivity contribution is 0.0938. The zero-order valence-electron chi connectivity index (χ0n) is 13.3. The summed E-state index contributed by atoms with van der Waals surface area (Å²) in [6.07, 6.45) is 2.36. The van der Waals surface area contributed by atoms with Crippen LogP contribution in [0.25, 0.3) is 0 Å². The summed E-state index contributed by atoms with van der Waals surface area (Å²) in [5.41, 5.74) is 1.48. The van der Waals surface area contributed by atoms with E-state index in [1.54, 1.807) is 0 Å². The molecule has 1 saturated heterocycles. The predicted octanol–water partition coefficient (Wildman–Crippen LogP) is 4.05. The molecule has 1 fully saturated rings. The highest BCUT2D eigenvalue weighted by molar-refractivity contribution is 6.33. The second-order valence-electron chi connectivity index (χ2n) is 6.00. The van der Waals surface area contributed by atoms with E-state index in [-0.39, 0.29) is 17.0 Å². The van der Waals surface area contributed by atoms with E-state index in [1.807, 2.05) is 18.2 Å². The number of carbonyl (C=O) groups excluding carboxylic acids is 1. The summed E-state index contributed by atoms with van der Waals surface area (Å²) in [6, 6.07) is 14.1. The zero-order valence-corrected chi connectivity index (χ0v) is 14.1. The molecule has 2 aromatic rings. The zero-order chi connectivity index (χ0) is 16.9. The molecule has 1 atom stereocenters. The van der Waals surface area contributed by atoms with E-state index in [2.05, 4.69) is 22.3 Å². The van der Waals surface area contributed by atoms with E-state index in [1.165, 1.54) is 30.5 Å². The van der Waals surface area contributed by atoms with Gasteiger partial charge in [-0.3, -0.25) is 9.69 Å². The van der Waals surface area contributed by atoms with Crippen LogP contribution in [0.1, 0.15) is 34.8 Å². The minimum absolute atomic E-state index is 0.130. The lowest BCUT2D eigenvalue weighted by atomic mass is 10.1. The Hall–Kier alpha value is -1.91. The molecule has 1 heterocycles. The molecule has 1 aliphatic rings. The van der Waals surface area contributed by atoms with Crippen LogP contribution in [0.4, 0.5) is 4.39 Å². The first-order valence-electron chi connectivity index (χ1n) is 8.17. The second kappa shape index (κ2) is 7.77. The summed E-state index contributed by atoms with van der Waals surface area (Å²) in [6.45, 7) is 2.57. The lowest BCUT2D eigenvalue weighted by Gasteiger charge is -2.28. The first-order chi connectivity index (χ1) is 11.6. The van der Waals surface area contributed by atoms with Gasteiger partial charge in [0.1, 0.15) is 5.82 Å². The van der Waals surface area contributed by atoms with Gasteiger partial charge < -0.3 is 5.32 Å². The van der Waals surface area contributed by atoms with Crippen molar-refractivity contribution in [2.24, 2.45) is 0 Å². The first-order valence-corrected chi connectivity index (χ1v) is 8.55. The molecule has 1 amide bonds. The molecule has 0 radical (unpaired) electrons. The van der Waals surface area contributed by atoms with Gasteiger partial charge in [0.05, 0.1) is 16.6 Å². The molecular formula is C19H20ClFN2O. The molecule has 1 N–H and O–H groups in total. The topological polar surface area (TPSA) is 32.3 Å². The molecule has 0 aliphatic carbocycles. The number of rotatable bonds is 5. The van der Waals surface area contributed by atoms with Crippen LogP contribution in [0, 0.1) is 5.82 Å². The second-order valence-corrected chi connectivity index (χ2v) is 6.41. The maximum atomic E-state index is 13.1. The van der Waals surface area contributed by atoms with Crippen molar-refractivity contribution in [3.05, 3.63) is 70.5 Å². The number of nitrogens with zero attached hydrogens (tertiary/aromatic N) is 1. The lowest BCUT2D eigenvalue weighted by Crippen LogP contribution is -2.36. The fourth-order valence-corrected chi connectivity index (χ4v) is 3.40. The molecule has 3 nitrogen and oxygen atoms in total. The van der Waals surface area contributed by atoms with Gasteiger partial charge in [-0.25, -0.2) is 4.39 Å². The molecule has 1 unspecified atom stereocenters. The van der Waals surface area contributed by atoms with Crippen LogP contribution in [0.3, 0.4) is 0 Å². The van der Waals surface area contributed by atoms with Gasteiger partial charge in [-0.2, -0.15) is 0 Å². The molecule has 3 rings (SSSR count). The summed E-state index contributed by atoms with van der Waals surface area (Å²) in [4.78, 5) is 14.8. The normalized spacial score (nSPS) is 16.1. The average Bonchev–Trinajstić information content (AvgIpc) is 3.10. The monoisotopic (exact) mass is 346 g/mol. The predicted molar refractivity (Wildman–Crippen MR) is 93.7 cm³/mol. The fourth-order valence-electron chi connectivity index (χ4n) is 3.14. The number of halogens is 2. The Bertz CT molecular complexity index is 702. The SMILES string of the molecule is O=C(NCC(c1ccccc1)N1CCCC1)c1ccc(F)cc1Cl. The number of likely N-dealkylation sites (tertiary alicyclic amines) is 1. The van der Waals surface area contributed by atoms with Crippen LogP contribution in [0.2, 0.25) is 5.02 Å². The van der Waals surface area contributed by atoms with Crippen LogP contribution in [-0.2, 0) is 0 Å². The largest absolute Gasteiger partial charge is 0.350 e. The van der Waals surface area contributed by atoms with Crippen molar-refractivity contribution in [1.82, 2.24) is 10.2 Å². The Morgan fingerprint density at radius 3 is 2.54 bits per heavy atom. The molecule has 24 heavy (non-hydrogen) atoms. The molecule has 126 valence electrons. The maximum Gasteiger partial charge on any atom is 0.252 e. The molecule has 0 bridgehead atoms. The van der Waals surface area contributed by atoms with Crippen molar-refractivity contribution in [1.29, 1.82) is 0 Å². The summed E-state index contributed by atoms with van der Waals surface area (Å²) < 4.78 is 13.1. The Balaban J connectivity index is 1.72. The number of hydrogen-bond acceptors (Lipinski definition) is 2. The quantitative estimate of drug-likeness (QED) is 0.886. The van der Waals surface area contributed by atoms with E-state index in [9.17, 15) is 9.18 Å². The minimum Gasteiger partial charge on any atom is -0.350 e. The third-order valence-electron chi connectivity index (χ3n) is 4.40. The highest BCUT2D eigenvalue weighted by Gasteiger charge is 2.24. The summed E-state index contributed by atoms with van der Waals surface area (Å²) in [7, 11) is 0. The Labute approximate surface area is 146 Å². The first kappa shape index (κ1) is 16.9. The van der Waals surface area contributed by atoms with Gasteiger partial charge in [-0.05, 0) is 49.7 Å². The molecule has 2 aromatic carbocycles. The number of benzene rings is 2. The highest BCUT2D eigenvalue weighted by atomic mass is 35.5. The van der Waals surface area contributed by atoms with Crippen LogP contribution in [-0.4, -0.2) is 30.4 Å². The van der Waals surface area contributed by atoms with E-state index >= 15 is 0 Å². The van der Waals surface area contributed by atoms with Gasteiger partial charge >= 0.3 is 0 Å². The van der Waals surface area contributed by atoms with Crippen LogP contribution in [0.5, 0.6) is 0 Å². The fraction of sp³-hybridized carbons (Fsp3) is 0.316. The average molecular weight is 347 g/mol. The minimum atomic E-state index is -0.448. The Kier molecular flexibility index (Phi) is 5.48. The molecule has 5 heteroatoms. The van der Waals surface area contributed by atoms with Crippen molar-refractivity contribution in [3.8, 4) is 0 Å². The van der Waals surface area contributed by atoms with Gasteiger partial charge in [-0.1, -0.05) is 41.9 Å². The van der Waals surface area contributed by atoms with Crippen molar-refractivity contribution >= 4 is 17.5 Å². The Morgan fingerprint density at radius 2 is 1.88 bits per heavy atom. The number of amides is 1. The summed E-state index contributed by atoms with van der Waals surface area (Å²) >= 11 is 5.97. The van der Waals surface area contributed by atoms with Crippen LogP contribution in [0.15, 0.2) is 48.5 Å². The van der Waals surface area contributed by atoms with Crippen molar-refractivity contribution in [3.63, 3.8) is 0 Å². The number of carbonyl (C=O) groups is 1. The van der Waals surface area contributed by atoms with Gasteiger partial charge in [0.25, 0.3) is 5.91 Å². The molecule has 1 aliphatic heterocycles. The van der Waals surface area contributed by atoms with Gasteiger partial charge in [0, 0.05) is 6.54 Å². The van der Waals surface area contributed by atoms with Gasteiger partial charge in [0.15, 0.2) is 0 Å². The third kappa shape index (κ3) is 3.94. The Morgan fingerprint density at radius 1 is 1.17 bits per heavy atom. The summed E-state index contributed by atoms with van der Waals surface area (Å²) in [5, 5.41) is 3.08. The van der Waals surface area contributed by atoms with Crippen LogP contribution >= 0.6 is 11.6 Å². The van der Waals surface area contributed by atoms with Crippen molar-refractivity contribution < 1.29 is 9.18 Å². The highest BCUT2D eigenvalue weighted by Crippen LogP contribution is 2.25. The third-order valence-corrected chi connectivity index (χ3v) is 4.71. The van der Waals surface area contributed by atoms with Crippen LogP contribution < -0.4 is 5.32 Å². The number of nitrogens with one attached hydrogen (secondary N) is 1. The molecule has 0 spiro atoms. The van der Waals surface area contributed by atoms with Gasteiger partial charge in [0.2, 0.25) is 0 Å². The summed E-state index contributed by atoms with van der Waals surface area (Å²) in [5.74, 6) is -0.726. The standard InChI is InChI=1S/C19H20ClFN2O/c20-17-12-15(21)8-9-16(17)19(24)22-13-18(23-10-4-5-11-23)14-6-2-1-3-7-14/h1-3,6-9,12,18H,4-5,10-11,13H2,(H,22,24). The number of hydrogen-bond donors (Lipinski definition) is 1. The van der Waals surface area contributed by atoms with Crippen molar-refractivity contribution in [2.45, 2.75) is 18.9 Å². The van der Waals surface area contributed by atoms with Gasteiger partial charge in [-0.15, -0.1) is 0 Å². The van der Waals surface area contributed by atoms with E-state index < -0.39 is 5.82 Å². The molecule has 0 aromatic heterocycles. The molecular weight excluding hydrogens is 327 g/mol. The smallest absolute Gasteiger partial charge is 0.252 e. The molecule has 0 saturated carbocycles. The van der Waals surface area contributed by atoms with Crippen molar-refractivity contribution in [2.75, 3.05) is 19.6 Å².